The van der Waals surface area contributed by atoms with Crippen molar-refractivity contribution in [2.75, 3.05) is 17.3 Å². The van der Waals surface area contributed by atoms with E-state index in [1.54, 1.807) is 27.7 Å². The normalized spacial score (nSPS) is 11.3. The molecule has 1 N–H and O–H groups in total. The number of benzene rings is 2. The fraction of sp³-hybridized carbons (Fsp3) is 0.125. The Labute approximate surface area is 202 Å². The second-order valence-corrected chi connectivity index (χ2v) is 10.1. The van der Waals surface area contributed by atoms with Crippen LogP contribution in [0.5, 0.6) is 0 Å². The van der Waals surface area contributed by atoms with E-state index in [0.717, 1.165) is 20.8 Å². The van der Waals surface area contributed by atoms with Crippen LogP contribution in [0.25, 0.3) is 22.1 Å². The maximum absolute atomic E-state index is 13.4. The summed E-state index contributed by atoms with van der Waals surface area (Å²) in [6, 6.07) is 19.1. The number of amides is 1. The van der Waals surface area contributed by atoms with Gasteiger partial charge in [0.15, 0.2) is 5.16 Å². The Bertz CT molecular complexity index is 1510. The second kappa shape index (κ2) is 9.46. The summed E-state index contributed by atoms with van der Waals surface area (Å²) in [6.07, 6.45) is 1.99. The summed E-state index contributed by atoms with van der Waals surface area (Å²) in [5.41, 5.74) is 1.87. The van der Waals surface area contributed by atoms with E-state index in [1.807, 2.05) is 72.3 Å². The van der Waals surface area contributed by atoms with Crippen LogP contribution in [-0.2, 0) is 11.3 Å². The zero-order valence-electron chi connectivity index (χ0n) is 17.6. The van der Waals surface area contributed by atoms with Crippen molar-refractivity contribution in [2.45, 2.75) is 16.6 Å². The molecule has 0 aliphatic heterocycles. The molecular weight excluding hydrogens is 474 g/mol. The second-order valence-electron chi connectivity index (χ2n) is 7.21. The molecule has 33 heavy (non-hydrogen) atoms. The van der Waals surface area contributed by atoms with Crippen LogP contribution in [0.15, 0.2) is 85.3 Å². The molecule has 0 saturated heterocycles. The van der Waals surface area contributed by atoms with E-state index in [-0.39, 0.29) is 22.8 Å². The molecular formula is C24H19N3O3S3. The fourth-order valence-corrected chi connectivity index (χ4v) is 5.43. The minimum atomic E-state index is -0.250. The number of rotatable bonds is 7. The number of thioether (sulfide) groups is 2. The van der Waals surface area contributed by atoms with Crippen molar-refractivity contribution in [1.29, 1.82) is 0 Å². The first-order chi connectivity index (χ1) is 16.1. The van der Waals surface area contributed by atoms with E-state index >= 15 is 0 Å². The van der Waals surface area contributed by atoms with Crippen LogP contribution in [0.3, 0.4) is 0 Å². The minimum absolute atomic E-state index is 0.127. The summed E-state index contributed by atoms with van der Waals surface area (Å²) < 4.78 is 7.43. The quantitative estimate of drug-likeness (QED) is 0.231. The van der Waals surface area contributed by atoms with Crippen LogP contribution in [-0.4, -0.2) is 27.5 Å². The third kappa shape index (κ3) is 4.57. The molecule has 1 amide bonds. The first-order valence-corrected chi connectivity index (χ1v) is 13.2. The number of anilines is 1. The highest BCUT2D eigenvalue weighted by Gasteiger charge is 2.19. The third-order valence-corrected chi connectivity index (χ3v) is 7.59. The molecule has 0 spiro atoms. The van der Waals surface area contributed by atoms with Gasteiger partial charge in [0, 0.05) is 20.8 Å². The van der Waals surface area contributed by atoms with E-state index in [1.165, 1.54) is 11.8 Å². The first kappa shape index (κ1) is 21.8. The van der Waals surface area contributed by atoms with Crippen molar-refractivity contribution in [3.8, 4) is 0 Å². The highest BCUT2D eigenvalue weighted by molar-refractivity contribution is 7.99. The van der Waals surface area contributed by atoms with Gasteiger partial charge >= 0.3 is 0 Å². The molecule has 2 aromatic carbocycles. The SMILES string of the molecule is CSc1cccc(NC(=O)CSc2nc3c(oc4ccccc43)c(=O)n2Cc2cccs2)c1. The van der Waals surface area contributed by atoms with E-state index in [2.05, 4.69) is 5.32 Å². The summed E-state index contributed by atoms with van der Waals surface area (Å²) in [6.45, 7) is 0.371. The molecule has 3 heterocycles. The lowest BCUT2D eigenvalue weighted by Crippen LogP contribution is -2.24. The number of furan rings is 1. The van der Waals surface area contributed by atoms with Gasteiger partial charge < -0.3 is 9.73 Å². The average Bonchev–Trinajstić information content (AvgIpc) is 3.48. The Morgan fingerprint density at radius 2 is 2.03 bits per heavy atom. The number of hydrogen-bond acceptors (Lipinski definition) is 7. The molecule has 0 radical (unpaired) electrons. The van der Waals surface area contributed by atoms with E-state index in [4.69, 9.17) is 9.40 Å². The number of carbonyl (C=O) groups excluding carboxylic acids is 1. The van der Waals surface area contributed by atoms with Crippen LogP contribution < -0.4 is 10.9 Å². The standard InChI is InChI=1S/C24H19N3O3S3/c1-31-16-7-4-6-15(12-16)25-20(28)14-33-24-26-21-18-9-2-3-10-19(18)30-22(21)23(29)27(24)13-17-8-5-11-32-17/h2-12H,13-14H2,1H3,(H,25,28). The van der Waals surface area contributed by atoms with Gasteiger partial charge in [-0.2, -0.15) is 0 Å². The van der Waals surface area contributed by atoms with Crippen LogP contribution in [0, 0.1) is 0 Å². The van der Waals surface area contributed by atoms with E-state index < -0.39 is 0 Å². The lowest BCUT2D eigenvalue weighted by atomic mass is 10.2. The molecule has 3 aromatic heterocycles. The van der Waals surface area contributed by atoms with Gasteiger partial charge in [0.05, 0.1) is 12.3 Å². The van der Waals surface area contributed by atoms with Gasteiger partial charge in [-0.25, -0.2) is 4.98 Å². The molecule has 0 bridgehead atoms. The van der Waals surface area contributed by atoms with Gasteiger partial charge in [0.2, 0.25) is 11.5 Å². The van der Waals surface area contributed by atoms with Gasteiger partial charge in [0.25, 0.3) is 5.56 Å². The van der Waals surface area contributed by atoms with Gasteiger partial charge in [0.1, 0.15) is 11.1 Å². The topological polar surface area (TPSA) is 77.1 Å². The summed E-state index contributed by atoms with van der Waals surface area (Å²) in [5, 5.41) is 6.16. The highest BCUT2D eigenvalue weighted by Crippen LogP contribution is 2.28. The van der Waals surface area contributed by atoms with Gasteiger partial charge in [-0.1, -0.05) is 36.0 Å². The predicted molar refractivity (Wildman–Crippen MR) is 137 cm³/mol. The van der Waals surface area contributed by atoms with Crippen molar-refractivity contribution in [2.24, 2.45) is 0 Å². The highest BCUT2D eigenvalue weighted by atomic mass is 32.2. The predicted octanol–water partition coefficient (Wildman–Crippen LogP) is 5.71. The Balaban J connectivity index is 1.47. The maximum Gasteiger partial charge on any atom is 0.298 e. The molecule has 0 aliphatic carbocycles. The molecule has 5 rings (SSSR count). The summed E-state index contributed by atoms with van der Waals surface area (Å²) in [7, 11) is 0. The van der Waals surface area contributed by atoms with Crippen LogP contribution in [0.1, 0.15) is 4.88 Å². The lowest BCUT2D eigenvalue weighted by Gasteiger charge is -2.11. The van der Waals surface area contributed by atoms with E-state index in [0.29, 0.717) is 22.8 Å². The van der Waals surface area contributed by atoms with Crippen molar-refractivity contribution < 1.29 is 9.21 Å². The number of carbonyl (C=O) groups is 1. The smallest absolute Gasteiger partial charge is 0.298 e. The number of thiophene rings is 1. The largest absolute Gasteiger partial charge is 0.448 e. The van der Waals surface area contributed by atoms with Crippen molar-refractivity contribution >= 4 is 68.5 Å². The fourth-order valence-electron chi connectivity index (χ4n) is 3.49. The summed E-state index contributed by atoms with van der Waals surface area (Å²) in [4.78, 5) is 32.9. The number of aromatic nitrogens is 2. The summed E-state index contributed by atoms with van der Waals surface area (Å²) in [5.74, 6) is -0.0332. The molecule has 0 fully saturated rings. The van der Waals surface area contributed by atoms with Crippen LogP contribution in [0.4, 0.5) is 5.69 Å². The number of nitrogens with one attached hydrogen (secondary N) is 1. The number of para-hydroxylation sites is 1. The first-order valence-electron chi connectivity index (χ1n) is 10.1. The van der Waals surface area contributed by atoms with Crippen molar-refractivity contribution in [1.82, 2.24) is 9.55 Å². The Hall–Kier alpha value is -3.01. The lowest BCUT2D eigenvalue weighted by molar-refractivity contribution is -0.113. The van der Waals surface area contributed by atoms with E-state index in [9.17, 15) is 9.59 Å². The van der Waals surface area contributed by atoms with Gasteiger partial charge in [-0.3, -0.25) is 14.2 Å². The number of hydrogen-bond donors (Lipinski definition) is 1. The molecule has 0 atom stereocenters. The molecule has 166 valence electrons. The zero-order valence-corrected chi connectivity index (χ0v) is 20.1. The molecule has 6 nitrogen and oxygen atoms in total. The number of nitrogens with zero attached hydrogens (tertiary/aromatic N) is 2. The zero-order chi connectivity index (χ0) is 22.8. The average molecular weight is 494 g/mol. The van der Waals surface area contributed by atoms with Crippen LogP contribution >= 0.6 is 34.9 Å². The van der Waals surface area contributed by atoms with Crippen molar-refractivity contribution in [3.63, 3.8) is 0 Å². The minimum Gasteiger partial charge on any atom is -0.448 e. The Morgan fingerprint density at radius 1 is 1.15 bits per heavy atom. The summed E-state index contributed by atoms with van der Waals surface area (Å²) >= 11 is 4.43. The molecule has 9 heteroatoms. The van der Waals surface area contributed by atoms with Gasteiger partial charge in [-0.15, -0.1) is 23.1 Å². The maximum atomic E-state index is 13.4. The monoisotopic (exact) mass is 493 g/mol. The Morgan fingerprint density at radius 3 is 2.85 bits per heavy atom. The molecule has 0 saturated carbocycles. The molecule has 0 aliphatic rings. The third-order valence-electron chi connectivity index (χ3n) is 5.03. The molecule has 5 aromatic rings. The number of fused-ring (bicyclic) bond motifs is 3. The van der Waals surface area contributed by atoms with Gasteiger partial charge in [-0.05, 0) is 48.0 Å². The van der Waals surface area contributed by atoms with Crippen molar-refractivity contribution in [3.05, 3.63) is 81.3 Å². The Kier molecular flexibility index (Phi) is 6.26. The van der Waals surface area contributed by atoms with Crippen LogP contribution in [0.2, 0.25) is 0 Å². The molecule has 0 unspecified atom stereocenters.